The van der Waals surface area contributed by atoms with Gasteiger partial charge in [0.2, 0.25) is 5.91 Å². The van der Waals surface area contributed by atoms with E-state index in [1.807, 2.05) is 32.9 Å². The summed E-state index contributed by atoms with van der Waals surface area (Å²) in [5.74, 6) is 0.430. The topological polar surface area (TPSA) is 55.4 Å². The molecule has 0 atom stereocenters. The van der Waals surface area contributed by atoms with Gasteiger partial charge >= 0.3 is 0 Å². The van der Waals surface area contributed by atoms with Crippen molar-refractivity contribution in [3.05, 3.63) is 40.7 Å². The average Bonchev–Trinajstić information content (AvgIpc) is 2.26. The van der Waals surface area contributed by atoms with Crippen molar-refractivity contribution in [2.75, 3.05) is 0 Å². The van der Waals surface area contributed by atoms with E-state index in [1.165, 1.54) is 6.92 Å². The van der Waals surface area contributed by atoms with Crippen molar-refractivity contribution in [2.24, 2.45) is 0 Å². The number of carbonyl (C=O) groups excluding carboxylic acids is 2. The smallest absolute Gasteiger partial charge is 0.257 e. The SMILES string of the molecule is CC/C(C(=O)NC(C)=O)=C(/C)Oc1cc(C)cc(C)c1. The molecule has 1 N–H and O–H groups in total. The van der Waals surface area contributed by atoms with Gasteiger partial charge in [0.15, 0.2) is 0 Å². The summed E-state index contributed by atoms with van der Waals surface area (Å²) in [5.41, 5.74) is 2.66. The number of ether oxygens (including phenoxy) is 1. The van der Waals surface area contributed by atoms with Crippen molar-refractivity contribution in [1.82, 2.24) is 5.32 Å². The largest absolute Gasteiger partial charge is 0.462 e. The van der Waals surface area contributed by atoms with Crippen LogP contribution in [-0.2, 0) is 9.59 Å². The molecule has 20 heavy (non-hydrogen) atoms. The Bertz CT molecular complexity index is 539. The number of carbonyl (C=O) groups is 2. The fourth-order valence-electron chi connectivity index (χ4n) is 2.03. The summed E-state index contributed by atoms with van der Waals surface area (Å²) >= 11 is 0. The summed E-state index contributed by atoms with van der Waals surface area (Å²) in [5, 5.41) is 2.27. The van der Waals surface area contributed by atoms with Crippen LogP contribution in [0.1, 0.15) is 38.3 Å². The summed E-state index contributed by atoms with van der Waals surface area (Å²) < 4.78 is 5.74. The lowest BCUT2D eigenvalue weighted by molar-refractivity contribution is -0.127. The lowest BCUT2D eigenvalue weighted by Crippen LogP contribution is -2.30. The molecule has 0 saturated heterocycles. The van der Waals surface area contributed by atoms with Gasteiger partial charge in [0.25, 0.3) is 5.91 Å². The second-order valence-electron chi connectivity index (χ2n) is 4.82. The first-order chi connectivity index (χ1) is 9.33. The minimum atomic E-state index is -0.401. The molecule has 0 fully saturated rings. The first-order valence-corrected chi connectivity index (χ1v) is 6.61. The number of nitrogens with one attached hydrogen (secondary N) is 1. The number of amides is 2. The summed E-state index contributed by atoms with van der Waals surface area (Å²) in [4.78, 5) is 22.8. The first-order valence-electron chi connectivity index (χ1n) is 6.61. The highest BCUT2D eigenvalue weighted by Gasteiger charge is 2.14. The average molecular weight is 275 g/mol. The van der Waals surface area contributed by atoms with Gasteiger partial charge < -0.3 is 4.74 Å². The van der Waals surface area contributed by atoms with Crippen LogP contribution in [0.15, 0.2) is 29.5 Å². The molecule has 1 aromatic rings. The monoisotopic (exact) mass is 275 g/mol. The van der Waals surface area contributed by atoms with E-state index >= 15 is 0 Å². The van der Waals surface area contributed by atoms with Crippen LogP contribution in [0.3, 0.4) is 0 Å². The first kappa shape index (κ1) is 16.0. The van der Waals surface area contributed by atoms with E-state index in [-0.39, 0.29) is 5.91 Å². The molecule has 4 heteroatoms. The van der Waals surface area contributed by atoms with Gasteiger partial charge in [-0.3, -0.25) is 14.9 Å². The molecule has 0 saturated carbocycles. The van der Waals surface area contributed by atoms with Crippen molar-refractivity contribution in [3.8, 4) is 5.75 Å². The van der Waals surface area contributed by atoms with Gasteiger partial charge in [0.05, 0.1) is 5.57 Å². The molecule has 108 valence electrons. The van der Waals surface area contributed by atoms with Crippen LogP contribution < -0.4 is 10.1 Å². The Morgan fingerprint density at radius 3 is 2.10 bits per heavy atom. The zero-order chi connectivity index (χ0) is 15.3. The normalized spacial score (nSPS) is 11.7. The maximum Gasteiger partial charge on any atom is 0.257 e. The Morgan fingerprint density at radius 2 is 1.65 bits per heavy atom. The number of aryl methyl sites for hydroxylation is 2. The van der Waals surface area contributed by atoms with Crippen LogP contribution in [0, 0.1) is 13.8 Å². The van der Waals surface area contributed by atoms with Crippen LogP contribution in [0.4, 0.5) is 0 Å². The Morgan fingerprint density at radius 1 is 1.10 bits per heavy atom. The van der Waals surface area contributed by atoms with Crippen molar-refractivity contribution in [2.45, 2.75) is 41.0 Å². The minimum absolute atomic E-state index is 0.375. The predicted molar refractivity (Wildman–Crippen MR) is 78.4 cm³/mol. The Hall–Kier alpha value is -2.10. The third-order valence-electron chi connectivity index (χ3n) is 2.81. The molecular formula is C16H21NO3. The summed E-state index contributed by atoms with van der Waals surface area (Å²) in [6.07, 6.45) is 0.496. The van der Waals surface area contributed by atoms with Crippen molar-refractivity contribution in [1.29, 1.82) is 0 Å². The molecule has 0 heterocycles. The molecule has 0 radical (unpaired) electrons. The Labute approximate surface area is 119 Å². The standard InChI is InChI=1S/C16H21NO3/c1-6-15(16(19)17-13(5)18)12(4)20-14-8-10(2)7-11(3)9-14/h7-9H,6H2,1-5H3,(H,17,18,19)/b15-12+. The zero-order valence-corrected chi connectivity index (χ0v) is 12.7. The summed E-state index contributed by atoms with van der Waals surface area (Å²) in [7, 11) is 0. The highest BCUT2D eigenvalue weighted by molar-refractivity contribution is 6.03. The molecule has 0 aliphatic carbocycles. The fraction of sp³-hybridized carbons (Fsp3) is 0.375. The maximum atomic E-state index is 11.9. The van der Waals surface area contributed by atoms with E-state index < -0.39 is 5.91 Å². The van der Waals surface area contributed by atoms with E-state index in [9.17, 15) is 9.59 Å². The van der Waals surface area contributed by atoms with E-state index in [4.69, 9.17) is 4.74 Å². The highest BCUT2D eigenvalue weighted by Crippen LogP contribution is 2.20. The number of hydrogen-bond acceptors (Lipinski definition) is 3. The molecule has 0 bridgehead atoms. The molecule has 2 amide bonds. The fourth-order valence-corrected chi connectivity index (χ4v) is 2.03. The molecule has 0 aliphatic heterocycles. The maximum absolute atomic E-state index is 11.9. The van der Waals surface area contributed by atoms with Gasteiger partial charge in [0, 0.05) is 6.92 Å². The lowest BCUT2D eigenvalue weighted by Gasteiger charge is -2.12. The molecular weight excluding hydrogens is 254 g/mol. The number of hydrogen-bond donors (Lipinski definition) is 1. The van der Waals surface area contributed by atoms with Gasteiger partial charge in [-0.2, -0.15) is 0 Å². The quantitative estimate of drug-likeness (QED) is 0.679. The summed E-state index contributed by atoms with van der Waals surface area (Å²) in [6, 6.07) is 5.87. The zero-order valence-electron chi connectivity index (χ0n) is 12.7. The van der Waals surface area contributed by atoms with Gasteiger partial charge in [-0.25, -0.2) is 0 Å². The van der Waals surface area contributed by atoms with Gasteiger partial charge in [-0.1, -0.05) is 13.0 Å². The molecule has 0 spiro atoms. The number of allylic oxidation sites excluding steroid dienone is 1. The molecule has 0 aliphatic rings. The van der Waals surface area contributed by atoms with Crippen molar-refractivity contribution in [3.63, 3.8) is 0 Å². The van der Waals surface area contributed by atoms with Gasteiger partial charge in [-0.05, 0) is 50.5 Å². The van der Waals surface area contributed by atoms with E-state index in [0.717, 1.165) is 11.1 Å². The third-order valence-corrected chi connectivity index (χ3v) is 2.81. The minimum Gasteiger partial charge on any atom is -0.462 e. The Balaban J connectivity index is 2.99. The van der Waals surface area contributed by atoms with Gasteiger partial charge in [-0.15, -0.1) is 0 Å². The molecule has 1 aromatic carbocycles. The second-order valence-corrected chi connectivity index (χ2v) is 4.82. The molecule has 1 rings (SSSR count). The van der Waals surface area contributed by atoms with Crippen LogP contribution in [0.25, 0.3) is 0 Å². The second kappa shape index (κ2) is 6.89. The van der Waals surface area contributed by atoms with Gasteiger partial charge in [0.1, 0.15) is 11.5 Å². The highest BCUT2D eigenvalue weighted by atomic mass is 16.5. The number of benzene rings is 1. The number of imide groups is 1. The third kappa shape index (κ3) is 4.53. The molecule has 0 aromatic heterocycles. The van der Waals surface area contributed by atoms with E-state index in [2.05, 4.69) is 11.4 Å². The van der Waals surface area contributed by atoms with E-state index in [0.29, 0.717) is 23.5 Å². The predicted octanol–water partition coefficient (Wildman–Crippen LogP) is 3.03. The Kier molecular flexibility index (Phi) is 5.50. The molecule has 4 nitrogen and oxygen atoms in total. The van der Waals surface area contributed by atoms with Crippen LogP contribution >= 0.6 is 0 Å². The van der Waals surface area contributed by atoms with Crippen molar-refractivity contribution < 1.29 is 14.3 Å². The van der Waals surface area contributed by atoms with Crippen LogP contribution in [-0.4, -0.2) is 11.8 Å². The van der Waals surface area contributed by atoms with Crippen LogP contribution in [0.5, 0.6) is 5.75 Å². The van der Waals surface area contributed by atoms with E-state index in [1.54, 1.807) is 6.92 Å². The molecule has 0 unspecified atom stereocenters. The summed E-state index contributed by atoms with van der Waals surface area (Å²) in [6.45, 7) is 8.87. The van der Waals surface area contributed by atoms with Crippen molar-refractivity contribution >= 4 is 11.8 Å². The van der Waals surface area contributed by atoms with Crippen LogP contribution in [0.2, 0.25) is 0 Å². The number of rotatable bonds is 4. The lowest BCUT2D eigenvalue weighted by atomic mass is 10.1.